The highest BCUT2D eigenvalue weighted by Gasteiger charge is 2.30. The number of esters is 2. The number of hydrogen-bond donors (Lipinski definition) is 0. The van der Waals surface area contributed by atoms with Crippen LogP contribution in [0.2, 0.25) is 5.02 Å². The maximum Gasteiger partial charge on any atom is 0.355 e. The van der Waals surface area contributed by atoms with Gasteiger partial charge in [-0.1, -0.05) is 17.7 Å². The van der Waals surface area contributed by atoms with Crippen LogP contribution >= 0.6 is 43.5 Å². The van der Waals surface area contributed by atoms with Gasteiger partial charge in [-0.25, -0.2) is 9.59 Å². The van der Waals surface area contributed by atoms with Gasteiger partial charge in [-0.2, -0.15) is 0 Å². The summed E-state index contributed by atoms with van der Waals surface area (Å²) in [4.78, 5) is 26.1. The molecular formula is C17H14Br2ClNO4. The Labute approximate surface area is 167 Å². The molecule has 0 bridgehead atoms. The van der Waals surface area contributed by atoms with Gasteiger partial charge in [-0.3, -0.25) is 0 Å². The number of hydrogen-bond acceptors (Lipinski definition) is 5. The Kier molecular flexibility index (Phi) is 6.48. The summed E-state index contributed by atoms with van der Waals surface area (Å²) in [5, 5.41) is 0.493. The number of nitrogens with zero attached hydrogens (tertiary/aromatic N) is 1. The number of halogens is 3. The van der Waals surface area contributed by atoms with Crippen LogP contribution in [0.3, 0.4) is 0 Å². The lowest BCUT2D eigenvalue weighted by atomic mass is 10.1. The summed E-state index contributed by atoms with van der Waals surface area (Å²) < 4.78 is 10.9. The van der Waals surface area contributed by atoms with Gasteiger partial charge in [0.05, 0.1) is 35.0 Å². The van der Waals surface area contributed by atoms with Crippen molar-refractivity contribution in [2.45, 2.75) is 6.92 Å². The van der Waals surface area contributed by atoms with Crippen molar-refractivity contribution < 1.29 is 19.1 Å². The second kappa shape index (κ2) is 8.21. The molecule has 2 rings (SSSR count). The van der Waals surface area contributed by atoms with Crippen LogP contribution in [0.5, 0.6) is 0 Å². The zero-order valence-electron chi connectivity index (χ0n) is 13.6. The summed E-state index contributed by atoms with van der Waals surface area (Å²) in [7, 11) is 2.49. The van der Waals surface area contributed by atoms with Crippen molar-refractivity contribution in [1.29, 1.82) is 0 Å². The number of methoxy groups -OCH3 is 2. The van der Waals surface area contributed by atoms with Crippen LogP contribution in [0.4, 0.5) is 5.69 Å². The van der Waals surface area contributed by atoms with Crippen molar-refractivity contribution in [1.82, 2.24) is 0 Å². The fourth-order valence-electron chi connectivity index (χ4n) is 2.26. The van der Waals surface area contributed by atoms with E-state index in [1.54, 1.807) is 18.4 Å². The molecule has 132 valence electrons. The predicted molar refractivity (Wildman–Crippen MR) is 103 cm³/mol. The second-order valence-corrected chi connectivity index (χ2v) is 6.99. The Balaban J connectivity index is 2.81. The van der Waals surface area contributed by atoms with Crippen LogP contribution in [0.1, 0.15) is 5.56 Å². The Bertz CT molecular complexity index is 830. The van der Waals surface area contributed by atoms with Gasteiger partial charge in [-0.15, -0.1) is 0 Å². The molecule has 0 aromatic heterocycles. The van der Waals surface area contributed by atoms with Crippen LogP contribution in [0, 0.1) is 6.92 Å². The van der Waals surface area contributed by atoms with Gasteiger partial charge < -0.3 is 14.4 Å². The number of ether oxygens (including phenoxy) is 2. The zero-order chi connectivity index (χ0) is 18.7. The van der Waals surface area contributed by atoms with E-state index in [0.29, 0.717) is 19.7 Å². The second-order valence-electron chi connectivity index (χ2n) is 4.97. The molecule has 1 aromatic rings. The van der Waals surface area contributed by atoms with E-state index in [1.807, 2.05) is 13.0 Å². The third-order valence-electron chi connectivity index (χ3n) is 3.45. The van der Waals surface area contributed by atoms with Crippen LogP contribution in [-0.4, -0.2) is 26.2 Å². The van der Waals surface area contributed by atoms with Crippen molar-refractivity contribution in [3.05, 3.63) is 61.3 Å². The molecule has 1 aliphatic rings. The van der Waals surface area contributed by atoms with E-state index in [4.69, 9.17) is 21.1 Å². The molecule has 0 N–H and O–H groups in total. The molecule has 0 atom stereocenters. The van der Waals surface area contributed by atoms with Crippen molar-refractivity contribution in [3.8, 4) is 0 Å². The molecule has 1 heterocycles. The first-order valence-electron chi connectivity index (χ1n) is 7.02. The first-order valence-corrected chi connectivity index (χ1v) is 8.99. The Morgan fingerprint density at radius 3 is 2.36 bits per heavy atom. The normalized spacial score (nSPS) is 13.8. The van der Waals surface area contributed by atoms with E-state index in [1.165, 1.54) is 25.2 Å². The van der Waals surface area contributed by atoms with E-state index in [-0.39, 0.29) is 11.3 Å². The molecule has 5 nitrogen and oxygen atoms in total. The average molecular weight is 492 g/mol. The predicted octanol–water partition coefficient (Wildman–Crippen LogP) is 4.66. The summed E-state index contributed by atoms with van der Waals surface area (Å²) in [5.41, 5.74) is 1.48. The highest BCUT2D eigenvalue weighted by molar-refractivity contribution is 9.11. The Morgan fingerprint density at radius 1 is 1.12 bits per heavy atom. The molecule has 0 radical (unpaired) electrons. The summed E-state index contributed by atoms with van der Waals surface area (Å²) in [6, 6.07) is 1.82. The van der Waals surface area contributed by atoms with E-state index in [0.717, 1.165) is 5.56 Å². The Morgan fingerprint density at radius 2 is 1.76 bits per heavy atom. The van der Waals surface area contributed by atoms with Gasteiger partial charge in [0, 0.05) is 10.7 Å². The molecule has 1 aliphatic heterocycles. The molecule has 0 amide bonds. The van der Waals surface area contributed by atoms with Crippen molar-refractivity contribution in [2.24, 2.45) is 0 Å². The number of allylic oxidation sites excluding steroid dienone is 2. The van der Waals surface area contributed by atoms with E-state index in [2.05, 4.69) is 31.9 Å². The number of anilines is 1. The Hall–Kier alpha value is -1.57. The third-order valence-corrected chi connectivity index (χ3v) is 5.54. The molecule has 0 fully saturated rings. The smallest absolute Gasteiger partial charge is 0.355 e. The zero-order valence-corrected chi connectivity index (χ0v) is 17.5. The van der Waals surface area contributed by atoms with Crippen molar-refractivity contribution >= 4 is 61.1 Å². The number of aryl methyl sites for hydroxylation is 1. The lowest BCUT2D eigenvalue weighted by molar-refractivity contribution is -0.139. The van der Waals surface area contributed by atoms with Gasteiger partial charge >= 0.3 is 11.9 Å². The van der Waals surface area contributed by atoms with Crippen molar-refractivity contribution in [3.63, 3.8) is 0 Å². The van der Waals surface area contributed by atoms with Gasteiger partial charge in [0.2, 0.25) is 0 Å². The van der Waals surface area contributed by atoms with Crippen molar-refractivity contribution in [2.75, 3.05) is 19.1 Å². The third kappa shape index (κ3) is 3.83. The quantitative estimate of drug-likeness (QED) is 0.455. The minimum atomic E-state index is -0.688. The number of carbonyl (C=O) groups excluding carboxylic acids is 2. The maximum absolute atomic E-state index is 12.4. The van der Waals surface area contributed by atoms with Crippen LogP contribution in [0.25, 0.3) is 0 Å². The topological polar surface area (TPSA) is 55.8 Å². The van der Waals surface area contributed by atoms with Gasteiger partial charge in [0.25, 0.3) is 0 Å². The first kappa shape index (κ1) is 19.8. The molecule has 0 spiro atoms. The highest BCUT2D eigenvalue weighted by atomic mass is 79.9. The largest absolute Gasteiger partial charge is 0.465 e. The van der Waals surface area contributed by atoms with E-state index < -0.39 is 11.9 Å². The molecule has 1 aromatic carbocycles. The lowest BCUT2D eigenvalue weighted by Crippen LogP contribution is -2.27. The summed E-state index contributed by atoms with van der Waals surface area (Å²) in [6.07, 6.45) is 6.44. The monoisotopic (exact) mass is 489 g/mol. The van der Waals surface area contributed by atoms with E-state index >= 15 is 0 Å². The molecule has 0 aliphatic carbocycles. The SMILES string of the molecule is COC(=O)C1=C(C(=O)OC)N(c2c(Br)cc(C)c(Cl)c2Br)C=CC=C1. The highest BCUT2D eigenvalue weighted by Crippen LogP contribution is 2.43. The van der Waals surface area contributed by atoms with Crippen LogP contribution in [0.15, 0.2) is 50.7 Å². The summed E-state index contributed by atoms with van der Waals surface area (Å²) >= 11 is 13.3. The van der Waals surface area contributed by atoms with E-state index in [9.17, 15) is 9.59 Å². The summed E-state index contributed by atoms with van der Waals surface area (Å²) in [5.74, 6) is -1.34. The fraction of sp³-hybridized carbons (Fsp3) is 0.176. The number of benzene rings is 1. The molecule has 0 saturated heterocycles. The molecule has 8 heteroatoms. The van der Waals surface area contributed by atoms with Crippen LogP contribution in [-0.2, 0) is 19.1 Å². The minimum absolute atomic E-state index is 0.0145. The minimum Gasteiger partial charge on any atom is -0.465 e. The molecule has 0 saturated carbocycles. The van der Waals surface area contributed by atoms with Crippen LogP contribution < -0.4 is 4.90 Å². The van der Waals surface area contributed by atoms with Gasteiger partial charge in [0.15, 0.2) is 0 Å². The lowest BCUT2D eigenvalue weighted by Gasteiger charge is -2.26. The molecule has 25 heavy (non-hydrogen) atoms. The molecular weight excluding hydrogens is 477 g/mol. The average Bonchev–Trinajstić information content (AvgIpc) is 2.81. The number of carbonyl (C=O) groups is 2. The maximum atomic E-state index is 12.4. The summed E-state index contributed by atoms with van der Waals surface area (Å²) in [6.45, 7) is 1.86. The fourth-order valence-corrected chi connectivity index (χ4v) is 4.12. The first-order chi connectivity index (χ1) is 11.8. The molecule has 0 unspecified atom stereocenters. The van der Waals surface area contributed by atoms with Gasteiger partial charge in [0.1, 0.15) is 5.70 Å². The van der Waals surface area contributed by atoms with Gasteiger partial charge in [-0.05, 0) is 62.6 Å². The standard InChI is InChI=1S/C17H14Br2ClNO4/c1-9-8-11(18)15(12(19)13(9)20)21-7-5-4-6-10(16(22)24-2)14(21)17(23)25-3/h4-8H,1-3H3. The number of rotatable bonds is 3.